The molecule has 0 aromatic carbocycles. The minimum atomic E-state index is 0.431. The molecular weight excluding hydrogens is 156 g/mol. The van der Waals surface area contributed by atoms with Crippen molar-refractivity contribution in [3.05, 3.63) is 12.2 Å². The highest BCUT2D eigenvalue weighted by Gasteiger charge is 2.27. The average Bonchev–Trinajstić information content (AvgIpc) is 1.81. The van der Waals surface area contributed by atoms with E-state index in [9.17, 15) is 0 Å². The highest BCUT2D eigenvalue weighted by Crippen LogP contribution is 2.40. The molecule has 0 aromatic heterocycles. The maximum Gasteiger partial charge on any atom is -0.0271 e. The normalized spacial score (nSPS) is 16.8. The predicted octanol–water partition coefficient (Wildman–Crippen LogP) is 4.81. The van der Waals surface area contributed by atoms with Gasteiger partial charge in [0.05, 0.1) is 0 Å². The first-order valence-electron chi connectivity index (χ1n) is 5.33. The number of hydrogen-bond acceptors (Lipinski definition) is 0. The molecule has 0 saturated heterocycles. The molecule has 0 heterocycles. The zero-order chi connectivity index (χ0) is 10.7. The molecule has 0 radical (unpaired) electrons. The van der Waals surface area contributed by atoms with Crippen molar-refractivity contribution in [2.24, 2.45) is 10.8 Å². The highest BCUT2D eigenvalue weighted by atomic mass is 14.3. The van der Waals surface area contributed by atoms with E-state index in [1.54, 1.807) is 0 Å². The van der Waals surface area contributed by atoms with Gasteiger partial charge >= 0.3 is 0 Å². The Morgan fingerprint density at radius 2 is 1.62 bits per heavy atom. The lowest BCUT2D eigenvalue weighted by Gasteiger charge is -2.35. The molecule has 0 nitrogen and oxygen atoms in total. The summed E-state index contributed by atoms with van der Waals surface area (Å²) in [5.41, 5.74) is 2.19. The Labute approximate surface area is 84.4 Å². The first-order valence-corrected chi connectivity index (χ1v) is 5.33. The lowest BCUT2D eigenvalue weighted by Crippen LogP contribution is -2.23. The lowest BCUT2D eigenvalue weighted by atomic mass is 9.70. The Kier molecular flexibility index (Phi) is 4.22. The van der Waals surface area contributed by atoms with Gasteiger partial charge in [0.2, 0.25) is 0 Å². The van der Waals surface area contributed by atoms with Crippen molar-refractivity contribution in [3.8, 4) is 0 Å². The zero-order valence-electron chi connectivity index (χ0n) is 10.3. The summed E-state index contributed by atoms with van der Waals surface area (Å²) in [7, 11) is 0. The van der Waals surface area contributed by atoms with E-state index in [1.807, 2.05) is 0 Å². The molecule has 0 spiro atoms. The molecule has 1 unspecified atom stereocenters. The molecule has 0 N–H and O–H groups in total. The third-order valence-electron chi connectivity index (χ3n) is 2.54. The molecule has 13 heavy (non-hydrogen) atoms. The summed E-state index contributed by atoms with van der Waals surface area (Å²) in [6.07, 6.45) is 3.70. The van der Waals surface area contributed by atoms with Crippen LogP contribution in [0.3, 0.4) is 0 Å². The molecule has 0 amide bonds. The fraction of sp³-hybridized carbons (Fsp3) is 0.846. The van der Waals surface area contributed by atoms with Gasteiger partial charge in [-0.1, -0.05) is 46.6 Å². The standard InChI is InChI=1S/C13H26/c1-8-13(7,9-11(2)3)10-12(4,5)6/h2,8-10H2,1,3-7H3. The van der Waals surface area contributed by atoms with Gasteiger partial charge in [-0.25, -0.2) is 0 Å². The van der Waals surface area contributed by atoms with Crippen LogP contribution in [0, 0.1) is 10.8 Å². The maximum absolute atomic E-state index is 4.02. The van der Waals surface area contributed by atoms with E-state index < -0.39 is 0 Å². The van der Waals surface area contributed by atoms with E-state index in [-0.39, 0.29) is 0 Å². The van der Waals surface area contributed by atoms with Gasteiger partial charge in [-0.3, -0.25) is 0 Å². The van der Waals surface area contributed by atoms with E-state index in [4.69, 9.17) is 0 Å². The second-order valence-corrected chi connectivity index (χ2v) is 6.04. The summed E-state index contributed by atoms with van der Waals surface area (Å²) < 4.78 is 0. The third kappa shape index (κ3) is 5.90. The summed E-state index contributed by atoms with van der Waals surface area (Å²) in [5.74, 6) is 0. The van der Waals surface area contributed by atoms with Crippen LogP contribution in [0.4, 0.5) is 0 Å². The van der Waals surface area contributed by atoms with Crippen molar-refractivity contribution < 1.29 is 0 Å². The highest BCUT2D eigenvalue weighted by molar-refractivity contribution is 4.96. The summed E-state index contributed by atoms with van der Waals surface area (Å²) in [6.45, 7) is 17.8. The third-order valence-corrected chi connectivity index (χ3v) is 2.54. The fourth-order valence-electron chi connectivity index (χ4n) is 2.32. The van der Waals surface area contributed by atoms with Gasteiger partial charge in [0.1, 0.15) is 0 Å². The molecule has 0 saturated carbocycles. The van der Waals surface area contributed by atoms with Gasteiger partial charge in [-0.05, 0) is 30.6 Å². The molecular formula is C13H26. The Balaban J connectivity index is 4.36. The molecule has 1 atom stereocenters. The number of rotatable bonds is 4. The van der Waals surface area contributed by atoms with E-state index >= 15 is 0 Å². The van der Waals surface area contributed by atoms with Crippen molar-refractivity contribution in [2.45, 2.75) is 60.8 Å². The topological polar surface area (TPSA) is 0 Å². The molecule has 0 aliphatic rings. The van der Waals surface area contributed by atoms with Crippen LogP contribution in [0.5, 0.6) is 0 Å². The summed E-state index contributed by atoms with van der Waals surface area (Å²) in [4.78, 5) is 0. The monoisotopic (exact) mass is 182 g/mol. The van der Waals surface area contributed by atoms with Crippen LogP contribution < -0.4 is 0 Å². The van der Waals surface area contributed by atoms with Crippen molar-refractivity contribution in [3.63, 3.8) is 0 Å². The van der Waals surface area contributed by atoms with Gasteiger partial charge in [-0.2, -0.15) is 0 Å². The van der Waals surface area contributed by atoms with Crippen LogP contribution in [0.1, 0.15) is 60.8 Å². The van der Waals surface area contributed by atoms with Crippen molar-refractivity contribution in [1.29, 1.82) is 0 Å². The Hall–Kier alpha value is -0.260. The largest absolute Gasteiger partial charge is 0.100 e. The second-order valence-electron chi connectivity index (χ2n) is 6.04. The van der Waals surface area contributed by atoms with Gasteiger partial charge in [0.15, 0.2) is 0 Å². The van der Waals surface area contributed by atoms with Crippen molar-refractivity contribution in [2.75, 3.05) is 0 Å². The van der Waals surface area contributed by atoms with Crippen LogP contribution in [-0.2, 0) is 0 Å². The van der Waals surface area contributed by atoms with Gasteiger partial charge in [0, 0.05) is 0 Å². The summed E-state index contributed by atoms with van der Waals surface area (Å²) in [6, 6.07) is 0. The summed E-state index contributed by atoms with van der Waals surface area (Å²) in [5, 5.41) is 0. The molecule has 0 rings (SSSR count). The van der Waals surface area contributed by atoms with E-state index in [0.29, 0.717) is 10.8 Å². The molecule has 0 heteroatoms. The van der Waals surface area contributed by atoms with E-state index in [1.165, 1.54) is 24.8 Å². The SMILES string of the molecule is C=C(C)CC(C)(CC)CC(C)(C)C. The van der Waals surface area contributed by atoms with Gasteiger partial charge < -0.3 is 0 Å². The number of allylic oxidation sites excluding steroid dienone is 1. The smallest absolute Gasteiger partial charge is 0.0271 e. The van der Waals surface area contributed by atoms with Crippen LogP contribution in [0.2, 0.25) is 0 Å². The Morgan fingerprint density at radius 3 is 1.85 bits per heavy atom. The molecule has 78 valence electrons. The lowest BCUT2D eigenvalue weighted by molar-refractivity contribution is 0.183. The maximum atomic E-state index is 4.02. The van der Waals surface area contributed by atoms with Crippen molar-refractivity contribution in [1.82, 2.24) is 0 Å². The zero-order valence-corrected chi connectivity index (χ0v) is 10.3. The summed E-state index contributed by atoms with van der Waals surface area (Å²) >= 11 is 0. The van der Waals surface area contributed by atoms with Gasteiger partial charge in [0.25, 0.3) is 0 Å². The minimum Gasteiger partial charge on any atom is -0.100 e. The first-order chi connectivity index (χ1) is 5.68. The van der Waals surface area contributed by atoms with E-state index in [2.05, 4.69) is 48.1 Å². The molecule has 0 aliphatic carbocycles. The van der Waals surface area contributed by atoms with Gasteiger partial charge in [-0.15, -0.1) is 6.58 Å². The minimum absolute atomic E-state index is 0.431. The molecule has 0 aromatic rings. The predicted molar refractivity (Wildman–Crippen MR) is 61.9 cm³/mol. The van der Waals surface area contributed by atoms with Crippen molar-refractivity contribution >= 4 is 0 Å². The Bertz CT molecular complexity index is 171. The first kappa shape index (κ1) is 12.7. The molecule has 0 aliphatic heterocycles. The number of hydrogen-bond donors (Lipinski definition) is 0. The quantitative estimate of drug-likeness (QED) is 0.548. The molecule has 0 bridgehead atoms. The average molecular weight is 182 g/mol. The fourth-order valence-corrected chi connectivity index (χ4v) is 2.32. The van der Waals surface area contributed by atoms with Crippen LogP contribution >= 0.6 is 0 Å². The van der Waals surface area contributed by atoms with E-state index in [0.717, 1.165) is 0 Å². The Morgan fingerprint density at radius 1 is 1.15 bits per heavy atom. The molecule has 0 fully saturated rings. The van der Waals surface area contributed by atoms with Crippen LogP contribution in [-0.4, -0.2) is 0 Å². The van der Waals surface area contributed by atoms with Crippen LogP contribution in [0.25, 0.3) is 0 Å². The second kappa shape index (κ2) is 4.30. The van der Waals surface area contributed by atoms with Crippen LogP contribution in [0.15, 0.2) is 12.2 Å².